The van der Waals surface area contributed by atoms with Gasteiger partial charge in [-0.2, -0.15) is 29.4 Å². The largest absolute Gasteiger partial charge is 0.480 e. The summed E-state index contributed by atoms with van der Waals surface area (Å²) in [5, 5.41) is 61.9. The van der Waals surface area contributed by atoms with Crippen LogP contribution < -0.4 is 31.4 Å². The number of aliphatic carboxylic acids is 1. The van der Waals surface area contributed by atoms with Crippen LogP contribution in [0, 0.1) is 76.5 Å². The van der Waals surface area contributed by atoms with Crippen molar-refractivity contribution in [2.24, 2.45) is 46.0 Å². The molecule has 750 valence electrons. The minimum Gasteiger partial charge on any atom is -0.480 e. The molecule has 138 heavy (non-hydrogen) atoms. The summed E-state index contributed by atoms with van der Waals surface area (Å²) in [5.41, 5.74) is 17.5. The van der Waals surface area contributed by atoms with E-state index >= 15 is 0 Å². The number of primary amides is 1. The summed E-state index contributed by atoms with van der Waals surface area (Å²) < 4.78 is 127. The number of amides is 1. The Kier molecular flexibility index (Phi) is 51.9. The van der Waals surface area contributed by atoms with Crippen molar-refractivity contribution in [1.29, 1.82) is 5.26 Å². The zero-order valence-electron chi connectivity index (χ0n) is 76.6. The average Bonchev–Trinajstić information content (AvgIpc) is 1.76. The van der Waals surface area contributed by atoms with Crippen molar-refractivity contribution in [3.05, 3.63) is 230 Å². The number of oxime groups is 1. The fourth-order valence-electron chi connectivity index (χ4n) is 10.1. The van der Waals surface area contributed by atoms with Crippen LogP contribution in [0.25, 0.3) is 44.3 Å². The van der Waals surface area contributed by atoms with E-state index in [1.807, 2.05) is 110 Å². The number of methoxy groups -OCH3 is 3. The summed E-state index contributed by atoms with van der Waals surface area (Å²) in [4.78, 5) is 100. The minimum atomic E-state index is -3.98. The molecule has 0 saturated carbocycles. The lowest BCUT2D eigenvalue weighted by Gasteiger charge is -2.19. The van der Waals surface area contributed by atoms with Crippen molar-refractivity contribution in [2.45, 2.75) is 155 Å². The van der Waals surface area contributed by atoms with Gasteiger partial charge in [-0.3, -0.25) is 29.2 Å². The number of nitriles is 1. The van der Waals surface area contributed by atoms with Gasteiger partial charge in [0.15, 0.2) is 5.84 Å². The highest BCUT2D eigenvalue weighted by Gasteiger charge is 2.33. The lowest BCUT2D eigenvalue weighted by atomic mass is 10.1. The third kappa shape index (κ3) is 40.5. The maximum atomic E-state index is 12.6. The lowest BCUT2D eigenvalue weighted by Crippen LogP contribution is -2.44. The Balaban J connectivity index is 0.000000548. The van der Waals surface area contributed by atoms with Gasteiger partial charge < -0.3 is 61.0 Å². The van der Waals surface area contributed by atoms with Gasteiger partial charge in [-0.25, -0.2) is 48.1 Å². The van der Waals surface area contributed by atoms with Crippen LogP contribution in [0.2, 0.25) is 0 Å². The molecular weight excluding hydrogens is 2030 g/mol. The fourth-order valence-corrected chi connectivity index (χ4v) is 19.3. The second-order valence-corrected chi connectivity index (χ2v) is 44.9. The Morgan fingerprint density at radius 2 is 0.804 bits per heavy atom. The number of aromatic nitrogens is 4. The molecular formula is C88H108Cl2N12O26S10. The first kappa shape index (κ1) is 123. The van der Waals surface area contributed by atoms with Crippen LogP contribution >= 0.6 is 91.1 Å². The Bertz CT molecular complexity index is 6430. The Morgan fingerprint density at radius 1 is 0.464 bits per heavy atom. The topological polar surface area (TPSA) is 622 Å². The molecule has 12 rings (SSSR count). The third-order valence-corrected chi connectivity index (χ3v) is 29.2. The zero-order valence-corrected chi connectivity index (χ0v) is 86.3. The van der Waals surface area contributed by atoms with Gasteiger partial charge in [-0.15, -0.1) is 80.4 Å². The van der Waals surface area contributed by atoms with Crippen LogP contribution in [0.5, 0.6) is 0 Å². The molecule has 4 atom stereocenters. The van der Waals surface area contributed by atoms with Gasteiger partial charge in [-0.1, -0.05) is 90.4 Å². The van der Waals surface area contributed by atoms with Crippen molar-refractivity contribution in [2.75, 3.05) is 21.3 Å². The first-order chi connectivity index (χ1) is 63.6. The van der Waals surface area contributed by atoms with E-state index in [1.165, 1.54) is 156 Å². The highest BCUT2D eigenvalue weighted by atomic mass is 35.7. The normalized spacial score (nSPS) is 11.9. The highest BCUT2D eigenvalue weighted by molar-refractivity contribution is 8.13. The highest BCUT2D eigenvalue weighted by Crippen LogP contribution is 2.31. The molecule has 4 aromatic carbocycles. The molecule has 0 aliphatic carbocycles. The first-order valence-electron chi connectivity index (χ1n) is 39.8. The van der Waals surface area contributed by atoms with Gasteiger partial charge >= 0.3 is 35.8 Å². The molecule has 1 amide bonds. The summed E-state index contributed by atoms with van der Waals surface area (Å²) in [6.45, 7) is 25.6. The fraction of sp³-hybridized carbons (Fsp3) is 0.307. The van der Waals surface area contributed by atoms with Gasteiger partial charge in [-0.05, 0) is 229 Å². The average molecular weight is 2140 g/mol. The van der Waals surface area contributed by atoms with E-state index in [1.54, 1.807) is 94.5 Å². The summed E-state index contributed by atoms with van der Waals surface area (Å²) >= 11 is 8.85. The quantitative estimate of drug-likeness (QED) is 0.00317. The number of nitrogens with zero attached hydrogens (tertiary/aromatic N) is 6. The predicted molar refractivity (Wildman–Crippen MR) is 532 cm³/mol. The first-order valence-corrected chi connectivity index (χ1v) is 51.4. The molecule has 14 N–H and O–H groups in total. The number of hydrogen-bond acceptors (Lipinski definition) is 36. The molecule has 12 aromatic rings. The van der Waals surface area contributed by atoms with Crippen molar-refractivity contribution in [3.8, 4) is 50.4 Å². The molecule has 0 bridgehead atoms. The second-order valence-electron chi connectivity index (χ2n) is 29.5. The zero-order chi connectivity index (χ0) is 102. The Hall–Kier alpha value is -11.5. The number of hydrogen-bond donors (Lipinski definition) is 11. The number of sulfonamides is 3. The molecule has 0 spiro atoms. The number of carboxylic acid groups (broad SMARTS) is 3. The van der Waals surface area contributed by atoms with E-state index < -0.39 is 99.1 Å². The van der Waals surface area contributed by atoms with Gasteiger partial charge in [0.1, 0.15) is 46.6 Å². The van der Waals surface area contributed by atoms with Crippen molar-refractivity contribution < 1.29 is 121 Å². The molecule has 0 aliphatic heterocycles. The standard InChI is InChI=1S/C19H21N3O5S2.C18H19N3O5S2.C13H17NO6S.C7H7ClO4S.C6H8N2OS.C6H13NO2.C6H7NOS.C6H5NS.C6H6O2S.CH4.ClH/c1-11(2)16(19(23)26-4)22-29(24,25)14-8-6-13(7-9-14)18-20-17(21-27-18)15-10-5-12(3)28-15;1-10(2)15(18(22)23)21-28(24,25)13-7-5-12(6-8-13)17-19-16(20-26-17)14-9-4-11(3)27-14;1-8(2)11(13(17)20-3)14-21(18,19)10-6-4-9(5-7-10)12(15)16;8-13(10,11)7-3-1-6(2-4-7)5-12-9;1-4-2-3-5(10-4)6(7)8-9;1-4(2)5(7)6(8)9-3;1-4-2-3-5(9-4)6(7)8;1-5-2-3-6(4-7)8-5;1-4-2-3-5(9-4)6(7)8;;/h5-11,16,22H,1-4H3;4-10,15,21H,1-3H3,(H,22,23);4-8,11,14H,1-3H3,(H,15,16);1-4,9H,5H2;2-3,9H,1H3,(H2,7,8);4-5H,7H2,1-3H3;2-3H,1H3,(H2,7,8);2-3H,1H3;2-3H,1H3,(H,7,8);1H4;1H/t16-;15-;11-;;;5-;;;;;/m111..1...../s1. The monoisotopic (exact) mass is 2140 g/mol. The lowest BCUT2D eigenvalue weighted by molar-refractivity contribution is -0.253. The van der Waals surface area contributed by atoms with Crippen LogP contribution in [0.4, 0.5) is 0 Å². The maximum absolute atomic E-state index is 12.6. The molecule has 0 radical (unpaired) electrons. The molecule has 50 heteroatoms. The van der Waals surface area contributed by atoms with Crippen molar-refractivity contribution in [3.63, 3.8) is 0 Å². The van der Waals surface area contributed by atoms with Crippen LogP contribution in [0.15, 0.2) is 204 Å². The number of ether oxygens (including phenoxy) is 3. The number of benzene rings is 4. The number of halogens is 2. The third-order valence-electron chi connectivity index (χ3n) is 17.5. The summed E-state index contributed by atoms with van der Waals surface area (Å²) in [7, 11) is -6.69. The number of esters is 3. The van der Waals surface area contributed by atoms with Gasteiger partial charge in [0.2, 0.25) is 41.7 Å². The Morgan fingerprint density at radius 3 is 1.06 bits per heavy atom. The summed E-state index contributed by atoms with van der Waals surface area (Å²) in [6, 6.07) is 42.9. The van der Waals surface area contributed by atoms with Crippen LogP contribution in [0.3, 0.4) is 0 Å². The number of nitrogens with one attached hydrogen (secondary N) is 3. The predicted octanol–water partition coefficient (Wildman–Crippen LogP) is 16.1. The maximum Gasteiger partial charge on any atom is 0.345 e. The molecule has 0 saturated heterocycles. The molecule has 0 unspecified atom stereocenters. The molecule has 0 fully saturated rings. The van der Waals surface area contributed by atoms with E-state index in [2.05, 4.69) is 64.8 Å². The van der Waals surface area contributed by atoms with Crippen molar-refractivity contribution >= 4 is 178 Å². The van der Waals surface area contributed by atoms with Crippen LogP contribution in [-0.2, 0) is 84.0 Å². The smallest absolute Gasteiger partial charge is 0.345 e. The number of carbonyl (C=O) groups excluding carboxylic acids is 4. The number of carboxylic acids is 3. The van der Waals surface area contributed by atoms with Crippen molar-refractivity contribution in [1.82, 2.24) is 34.4 Å². The number of aryl methyl sites for hydroxylation is 6. The van der Waals surface area contributed by atoms with E-state index in [0.29, 0.717) is 38.1 Å². The molecule has 38 nitrogen and oxygen atoms in total. The molecule has 0 aliphatic rings. The SMILES string of the molecule is C.COC(=O)[C@H](N)C(C)C.COC(=O)[C@H](NS(=O)(=O)c1ccc(-c2nc(-c3ccc(C)s3)no2)cc1)C(C)C.COC(=O)[C@H](NS(=O)(=O)c1ccc(C(=O)O)cc1)C(C)C.Cc1ccc(-c2noc(-c3ccc(S(=O)(=O)N[C@@H](C(=O)O)C(C)C)cc3)n2)s1.Cc1ccc(/C(N)=N/O)s1.Cc1ccc(C#N)s1.Cc1ccc(C(=O)O)s1.Cc1ccc(C(N)=O)s1.Cl.O=S(=O)(Cl)c1ccc(COO)cc1. The number of aromatic carboxylic acids is 2. The van der Waals surface area contributed by atoms with E-state index in [0.717, 1.165) is 43.9 Å². The number of rotatable bonds is 28. The van der Waals surface area contributed by atoms with Crippen LogP contribution in [0.1, 0.15) is 137 Å². The second kappa shape index (κ2) is 58.4. The number of thiophene rings is 6. The van der Waals surface area contributed by atoms with Crippen LogP contribution in [-0.4, -0.2) is 173 Å². The summed E-state index contributed by atoms with van der Waals surface area (Å²) in [5.74, 6) is -4.36. The molecule has 8 heterocycles. The van der Waals surface area contributed by atoms with Gasteiger partial charge in [0.05, 0.1) is 66.0 Å². The van der Waals surface area contributed by atoms with Gasteiger partial charge in [0, 0.05) is 51.1 Å². The number of amidine groups is 1. The minimum absolute atomic E-state index is 0. The number of carbonyl (C=O) groups is 7. The molecule has 8 aromatic heterocycles. The number of nitrogens with two attached hydrogens (primary N) is 3. The van der Waals surface area contributed by atoms with E-state index in [9.17, 15) is 72.3 Å². The Labute approximate surface area is 834 Å². The van der Waals surface area contributed by atoms with E-state index in [-0.39, 0.29) is 98.8 Å². The summed E-state index contributed by atoms with van der Waals surface area (Å²) in [6.07, 6.45) is 0. The van der Waals surface area contributed by atoms with Gasteiger partial charge in [0.25, 0.3) is 26.7 Å². The van der Waals surface area contributed by atoms with E-state index in [4.69, 9.17) is 62.9 Å².